The molecule has 0 saturated carbocycles. The van der Waals surface area contributed by atoms with E-state index in [-0.39, 0.29) is 5.54 Å². The summed E-state index contributed by atoms with van der Waals surface area (Å²) in [4.78, 5) is 10.6. The van der Waals surface area contributed by atoms with Crippen molar-refractivity contribution in [2.45, 2.75) is 65.5 Å². The summed E-state index contributed by atoms with van der Waals surface area (Å²) in [7, 11) is 2.22. The SMILES string of the molecule is CCNCc1cc2c(N)nc3ccc(CCCCCN(C)C(C)(C)C)cc3c2[nH]1. The van der Waals surface area contributed by atoms with Gasteiger partial charge in [0.2, 0.25) is 0 Å². The molecule has 2 heterocycles. The van der Waals surface area contributed by atoms with Crippen LogP contribution in [0.5, 0.6) is 0 Å². The first kappa shape index (κ1) is 21.6. The molecular weight excluding hydrogens is 358 g/mol. The molecule has 0 fully saturated rings. The van der Waals surface area contributed by atoms with Crippen molar-refractivity contribution < 1.29 is 0 Å². The molecular formula is C24H37N5. The number of hydrogen-bond acceptors (Lipinski definition) is 4. The maximum absolute atomic E-state index is 6.22. The number of pyridine rings is 1. The molecule has 0 aliphatic carbocycles. The van der Waals surface area contributed by atoms with E-state index in [1.807, 2.05) is 0 Å². The Kier molecular flexibility index (Phi) is 6.81. The third kappa shape index (κ3) is 5.28. The van der Waals surface area contributed by atoms with Crippen LogP contribution in [0.25, 0.3) is 21.8 Å². The van der Waals surface area contributed by atoms with E-state index in [1.165, 1.54) is 30.2 Å². The second kappa shape index (κ2) is 9.14. The average molecular weight is 396 g/mol. The summed E-state index contributed by atoms with van der Waals surface area (Å²) in [6.45, 7) is 11.8. The molecule has 158 valence electrons. The molecule has 0 unspecified atom stereocenters. The fourth-order valence-corrected chi connectivity index (χ4v) is 3.70. The molecule has 29 heavy (non-hydrogen) atoms. The number of anilines is 1. The summed E-state index contributed by atoms with van der Waals surface area (Å²) in [5.41, 5.74) is 11.1. The number of aryl methyl sites for hydroxylation is 1. The molecule has 0 atom stereocenters. The first-order valence-corrected chi connectivity index (χ1v) is 10.9. The summed E-state index contributed by atoms with van der Waals surface area (Å²) in [6.07, 6.45) is 4.81. The maximum Gasteiger partial charge on any atom is 0.133 e. The largest absolute Gasteiger partial charge is 0.383 e. The van der Waals surface area contributed by atoms with Gasteiger partial charge < -0.3 is 20.9 Å². The van der Waals surface area contributed by atoms with Crippen molar-refractivity contribution in [2.24, 2.45) is 0 Å². The van der Waals surface area contributed by atoms with E-state index in [0.717, 1.165) is 48.2 Å². The molecule has 0 aliphatic heterocycles. The highest BCUT2D eigenvalue weighted by atomic mass is 15.1. The number of H-pyrrole nitrogens is 1. The number of rotatable bonds is 9. The zero-order valence-electron chi connectivity index (χ0n) is 18.7. The van der Waals surface area contributed by atoms with Crippen molar-refractivity contribution in [1.82, 2.24) is 20.2 Å². The number of fused-ring (bicyclic) bond motifs is 3. The van der Waals surface area contributed by atoms with Gasteiger partial charge in [-0.1, -0.05) is 19.4 Å². The zero-order valence-corrected chi connectivity index (χ0v) is 18.7. The molecule has 0 spiro atoms. The Balaban J connectivity index is 1.69. The maximum atomic E-state index is 6.22. The van der Waals surface area contributed by atoms with Crippen molar-refractivity contribution in [3.8, 4) is 0 Å². The lowest BCUT2D eigenvalue weighted by atomic mass is 10.0. The molecule has 0 amide bonds. The van der Waals surface area contributed by atoms with E-state index < -0.39 is 0 Å². The summed E-state index contributed by atoms with van der Waals surface area (Å²) < 4.78 is 0. The third-order valence-electron chi connectivity index (χ3n) is 5.89. The summed E-state index contributed by atoms with van der Waals surface area (Å²) in [6, 6.07) is 8.72. The van der Waals surface area contributed by atoms with E-state index in [9.17, 15) is 0 Å². The molecule has 1 aromatic carbocycles. The van der Waals surface area contributed by atoms with E-state index in [0.29, 0.717) is 5.82 Å². The highest BCUT2D eigenvalue weighted by molar-refractivity contribution is 6.08. The second-order valence-electron chi connectivity index (χ2n) is 9.12. The van der Waals surface area contributed by atoms with Gasteiger partial charge >= 0.3 is 0 Å². The first-order valence-electron chi connectivity index (χ1n) is 10.9. The second-order valence-corrected chi connectivity index (χ2v) is 9.12. The van der Waals surface area contributed by atoms with Crippen LogP contribution in [0.4, 0.5) is 5.82 Å². The van der Waals surface area contributed by atoms with Crippen LogP contribution in [-0.2, 0) is 13.0 Å². The lowest BCUT2D eigenvalue weighted by Crippen LogP contribution is -2.38. The van der Waals surface area contributed by atoms with Crippen LogP contribution in [0.15, 0.2) is 24.3 Å². The van der Waals surface area contributed by atoms with Crippen molar-refractivity contribution in [2.75, 3.05) is 25.9 Å². The van der Waals surface area contributed by atoms with Crippen LogP contribution in [0.2, 0.25) is 0 Å². The number of nitrogens with one attached hydrogen (secondary N) is 2. The lowest BCUT2D eigenvalue weighted by molar-refractivity contribution is 0.172. The van der Waals surface area contributed by atoms with E-state index in [1.54, 1.807) is 0 Å². The number of nitrogen functional groups attached to an aromatic ring is 1. The number of aromatic amines is 1. The number of aromatic nitrogens is 2. The first-order chi connectivity index (χ1) is 13.8. The van der Waals surface area contributed by atoms with Crippen LogP contribution in [0.3, 0.4) is 0 Å². The van der Waals surface area contributed by atoms with Crippen LogP contribution in [0.1, 0.15) is 58.2 Å². The molecule has 0 aliphatic rings. The normalized spacial score (nSPS) is 12.5. The number of nitrogens with two attached hydrogens (primary N) is 1. The highest BCUT2D eigenvalue weighted by Gasteiger charge is 2.15. The Morgan fingerprint density at radius 1 is 1.10 bits per heavy atom. The molecule has 0 radical (unpaired) electrons. The Bertz CT molecular complexity index is 951. The van der Waals surface area contributed by atoms with Gasteiger partial charge in [-0.3, -0.25) is 0 Å². The predicted molar refractivity (Wildman–Crippen MR) is 125 cm³/mol. The smallest absolute Gasteiger partial charge is 0.133 e. The minimum Gasteiger partial charge on any atom is -0.383 e. The molecule has 3 aromatic rings. The highest BCUT2D eigenvalue weighted by Crippen LogP contribution is 2.29. The fraction of sp³-hybridized carbons (Fsp3) is 0.542. The quantitative estimate of drug-likeness (QED) is 0.453. The van der Waals surface area contributed by atoms with E-state index in [2.05, 4.69) is 79.2 Å². The third-order valence-corrected chi connectivity index (χ3v) is 5.89. The van der Waals surface area contributed by atoms with Gasteiger partial charge in [-0.2, -0.15) is 0 Å². The van der Waals surface area contributed by atoms with Gasteiger partial charge in [-0.25, -0.2) is 4.98 Å². The van der Waals surface area contributed by atoms with Gasteiger partial charge in [0.25, 0.3) is 0 Å². The van der Waals surface area contributed by atoms with Gasteiger partial charge in [-0.05, 0) is 83.9 Å². The molecule has 3 rings (SSSR count). The van der Waals surface area contributed by atoms with Crippen LogP contribution in [-0.4, -0.2) is 40.5 Å². The zero-order chi connectivity index (χ0) is 21.0. The Labute approximate surface area is 175 Å². The number of nitrogens with zero attached hydrogens (tertiary/aromatic N) is 2. The van der Waals surface area contributed by atoms with Gasteiger partial charge in [0, 0.05) is 28.6 Å². The fourth-order valence-electron chi connectivity index (χ4n) is 3.70. The number of benzene rings is 1. The molecule has 5 nitrogen and oxygen atoms in total. The molecule has 4 N–H and O–H groups in total. The van der Waals surface area contributed by atoms with Crippen molar-refractivity contribution in [3.05, 3.63) is 35.5 Å². The van der Waals surface area contributed by atoms with Crippen LogP contribution in [0, 0.1) is 0 Å². The average Bonchev–Trinajstić information content (AvgIpc) is 3.11. The van der Waals surface area contributed by atoms with Gasteiger partial charge in [0.15, 0.2) is 0 Å². The molecule has 2 aromatic heterocycles. The van der Waals surface area contributed by atoms with Gasteiger partial charge in [-0.15, -0.1) is 0 Å². The van der Waals surface area contributed by atoms with Gasteiger partial charge in [0.1, 0.15) is 5.82 Å². The van der Waals surface area contributed by atoms with Crippen LogP contribution < -0.4 is 11.1 Å². The molecule has 5 heteroatoms. The predicted octanol–water partition coefficient (Wildman–Crippen LogP) is 4.85. The number of unbranched alkanes of at least 4 members (excludes halogenated alkanes) is 2. The molecule has 0 saturated heterocycles. The Hall–Kier alpha value is -2.11. The lowest BCUT2D eigenvalue weighted by Gasteiger charge is -2.31. The monoisotopic (exact) mass is 395 g/mol. The topological polar surface area (TPSA) is 70.0 Å². The van der Waals surface area contributed by atoms with Crippen LogP contribution >= 0.6 is 0 Å². The van der Waals surface area contributed by atoms with Crippen molar-refractivity contribution in [1.29, 1.82) is 0 Å². The Morgan fingerprint density at radius 3 is 2.62 bits per heavy atom. The van der Waals surface area contributed by atoms with Crippen molar-refractivity contribution in [3.63, 3.8) is 0 Å². The minimum absolute atomic E-state index is 0.250. The van der Waals surface area contributed by atoms with Gasteiger partial charge in [0.05, 0.1) is 11.0 Å². The molecule has 0 bridgehead atoms. The number of hydrogen-bond donors (Lipinski definition) is 3. The standard InChI is InChI=1S/C24H37N5/c1-6-26-16-18-15-20-22(27-18)19-14-17(11-12-21(19)28-23(20)25)10-8-7-9-13-29(5)24(2,3)4/h11-12,14-15,26-27H,6-10,13,16H2,1-5H3,(H2,25,28). The summed E-state index contributed by atoms with van der Waals surface area (Å²) in [5.74, 6) is 0.599. The minimum atomic E-state index is 0.250. The van der Waals surface area contributed by atoms with E-state index in [4.69, 9.17) is 5.73 Å². The Morgan fingerprint density at radius 2 is 1.90 bits per heavy atom. The summed E-state index contributed by atoms with van der Waals surface area (Å²) in [5, 5.41) is 5.55. The van der Waals surface area contributed by atoms with E-state index >= 15 is 0 Å². The van der Waals surface area contributed by atoms with Crippen molar-refractivity contribution >= 4 is 27.6 Å². The summed E-state index contributed by atoms with van der Waals surface area (Å²) >= 11 is 0.